The van der Waals surface area contributed by atoms with E-state index in [2.05, 4.69) is 22.3 Å². The molecule has 3 aromatic rings. The Labute approximate surface area is 150 Å². The van der Waals surface area contributed by atoms with E-state index in [1.54, 1.807) is 29.4 Å². The number of carbonyl (C=O) groups excluding carboxylic acids is 1. The molecule has 3 rings (SSSR count). The lowest BCUT2D eigenvalue weighted by atomic mass is 10.2. The number of nitrogens with one attached hydrogen (secondary N) is 1. The maximum absolute atomic E-state index is 12.5. The van der Waals surface area contributed by atoms with Gasteiger partial charge in [0, 0.05) is 18.0 Å². The Morgan fingerprint density at radius 3 is 2.96 bits per heavy atom. The van der Waals surface area contributed by atoms with Crippen molar-refractivity contribution in [1.82, 2.24) is 14.8 Å². The van der Waals surface area contributed by atoms with E-state index in [9.17, 15) is 4.79 Å². The van der Waals surface area contributed by atoms with Crippen LogP contribution in [0.4, 0.5) is 5.82 Å². The molecule has 0 unspecified atom stereocenters. The van der Waals surface area contributed by atoms with Crippen LogP contribution in [-0.2, 0) is 6.54 Å². The summed E-state index contributed by atoms with van der Waals surface area (Å²) in [6.07, 6.45) is 3.77. The summed E-state index contributed by atoms with van der Waals surface area (Å²) >= 11 is 1.42. The highest BCUT2D eigenvalue weighted by Gasteiger charge is 2.15. The molecule has 1 amide bonds. The zero-order valence-corrected chi connectivity index (χ0v) is 15.0. The van der Waals surface area contributed by atoms with Gasteiger partial charge in [0.25, 0.3) is 5.91 Å². The molecule has 0 bridgehead atoms. The molecule has 0 saturated carbocycles. The Hall–Kier alpha value is -2.67. The van der Waals surface area contributed by atoms with Gasteiger partial charge in [-0.25, -0.2) is 9.67 Å². The van der Waals surface area contributed by atoms with Crippen LogP contribution >= 0.6 is 11.3 Å². The van der Waals surface area contributed by atoms with Gasteiger partial charge in [-0.15, -0.1) is 11.3 Å². The molecule has 1 N–H and O–H groups in total. The lowest BCUT2D eigenvalue weighted by molar-refractivity contribution is 0.102. The number of anilines is 1. The number of ether oxygens (including phenoxy) is 1. The molecule has 2 aromatic heterocycles. The fourth-order valence-electron chi connectivity index (χ4n) is 2.43. The predicted octanol–water partition coefficient (Wildman–Crippen LogP) is 4.07. The maximum atomic E-state index is 12.5. The predicted molar refractivity (Wildman–Crippen MR) is 99.2 cm³/mol. The van der Waals surface area contributed by atoms with E-state index in [-0.39, 0.29) is 5.91 Å². The van der Waals surface area contributed by atoms with Crippen LogP contribution in [0, 0.1) is 0 Å². The molecule has 1 aromatic carbocycles. The van der Waals surface area contributed by atoms with Crippen LogP contribution in [-0.4, -0.2) is 27.8 Å². The van der Waals surface area contributed by atoms with Crippen LogP contribution in [0.25, 0.3) is 10.6 Å². The number of para-hydroxylation sites is 1. The van der Waals surface area contributed by atoms with Gasteiger partial charge in [0.15, 0.2) is 0 Å². The normalized spacial score (nSPS) is 10.6. The molecule has 0 aliphatic carbocycles. The van der Waals surface area contributed by atoms with Crippen LogP contribution < -0.4 is 10.1 Å². The quantitative estimate of drug-likeness (QED) is 0.693. The van der Waals surface area contributed by atoms with Gasteiger partial charge in [-0.3, -0.25) is 4.79 Å². The standard InChI is InChI=1S/C18H20N4O2S/c1-3-4-11-22-16(9-10-19-22)21-17(23)14-12-25-18(20-14)13-7-5-6-8-15(13)24-2/h5-10,12H,3-4,11H2,1-2H3,(H,21,23). The average Bonchev–Trinajstić information content (AvgIpc) is 3.29. The Balaban J connectivity index is 1.76. The summed E-state index contributed by atoms with van der Waals surface area (Å²) in [6, 6.07) is 9.43. The van der Waals surface area contributed by atoms with Crippen molar-refractivity contribution < 1.29 is 9.53 Å². The minimum absolute atomic E-state index is 0.240. The first kappa shape index (κ1) is 17.2. The van der Waals surface area contributed by atoms with E-state index in [1.807, 2.05) is 24.3 Å². The Kier molecular flexibility index (Phi) is 5.45. The van der Waals surface area contributed by atoms with Crippen LogP contribution in [0.5, 0.6) is 5.75 Å². The third-order valence-electron chi connectivity index (χ3n) is 3.76. The molecule has 7 heteroatoms. The third kappa shape index (κ3) is 3.88. The van der Waals surface area contributed by atoms with Crippen molar-refractivity contribution in [2.75, 3.05) is 12.4 Å². The topological polar surface area (TPSA) is 69.0 Å². The Bertz CT molecular complexity index is 856. The fourth-order valence-corrected chi connectivity index (χ4v) is 3.26. The number of rotatable bonds is 7. The number of unbranched alkanes of at least 4 members (excludes halogenated alkanes) is 1. The van der Waals surface area contributed by atoms with E-state index in [0.29, 0.717) is 11.5 Å². The number of hydrogen-bond donors (Lipinski definition) is 1. The van der Waals surface area contributed by atoms with E-state index < -0.39 is 0 Å². The largest absolute Gasteiger partial charge is 0.496 e. The Morgan fingerprint density at radius 2 is 2.16 bits per heavy atom. The summed E-state index contributed by atoms with van der Waals surface area (Å²) in [4.78, 5) is 17.0. The number of aryl methyl sites for hydroxylation is 1. The lowest BCUT2D eigenvalue weighted by Gasteiger charge is -2.07. The monoisotopic (exact) mass is 356 g/mol. The number of amides is 1. The van der Waals surface area contributed by atoms with Crippen molar-refractivity contribution in [3.8, 4) is 16.3 Å². The lowest BCUT2D eigenvalue weighted by Crippen LogP contribution is -2.16. The van der Waals surface area contributed by atoms with Gasteiger partial charge >= 0.3 is 0 Å². The molecule has 0 spiro atoms. The molecule has 25 heavy (non-hydrogen) atoms. The summed E-state index contributed by atoms with van der Waals surface area (Å²) in [5.74, 6) is 1.18. The van der Waals surface area contributed by atoms with Crippen LogP contribution in [0.2, 0.25) is 0 Å². The van der Waals surface area contributed by atoms with Crippen LogP contribution in [0.15, 0.2) is 41.9 Å². The van der Waals surface area contributed by atoms with E-state index in [0.717, 1.165) is 35.7 Å². The van der Waals surface area contributed by atoms with Gasteiger partial charge < -0.3 is 10.1 Å². The molecule has 6 nitrogen and oxygen atoms in total. The highest BCUT2D eigenvalue weighted by Crippen LogP contribution is 2.32. The smallest absolute Gasteiger partial charge is 0.276 e. The van der Waals surface area contributed by atoms with E-state index in [1.165, 1.54) is 11.3 Å². The van der Waals surface area contributed by atoms with Crippen molar-refractivity contribution in [2.45, 2.75) is 26.3 Å². The third-order valence-corrected chi connectivity index (χ3v) is 4.63. The van der Waals surface area contributed by atoms with E-state index in [4.69, 9.17) is 4.74 Å². The zero-order chi connectivity index (χ0) is 17.6. The summed E-state index contributed by atoms with van der Waals surface area (Å²) in [5.41, 5.74) is 1.26. The van der Waals surface area contributed by atoms with Gasteiger partial charge in [-0.1, -0.05) is 25.5 Å². The molecule has 2 heterocycles. The van der Waals surface area contributed by atoms with Crippen LogP contribution in [0.3, 0.4) is 0 Å². The SMILES string of the molecule is CCCCn1nccc1NC(=O)c1csc(-c2ccccc2OC)n1. The molecule has 0 fully saturated rings. The molecular weight excluding hydrogens is 336 g/mol. The molecule has 0 aliphatic rings. The van der Waals surface area contributed by atoms with Crippen molar-refractivity contribution >= 4 is 23.1 Å². The van der Waals surface area contributed by atoms with Gasteiger partial charge in [0.05, 0.1) is 18.9 Å². The molecule has 0 saturated heterocycles. The van der Waals surface area contributed by atoms with Crippen LogP contribution in [0.1, 0.15) is 30.3 Å². The maximum Gasteiger partial charge on any atom is 0.276 e. The number of carbonyl (C=O) groups is 1. The number of hydrogen-bond acceptors (Lipinski definition) is 5. The second-order valence-corrected chi connectivity index (χ2v) is 6.34. The number of thiazole rings is 1. The first-order valence-electron chi connectivity index (χ1n) is 8.15. The summed E-state index contributed by atoms with van der Waals surface area (Å²) in [5, 5.41) is 9.63. The minimum atomic E-state index is -0.240. The highest BCUT2D eigenvalue weighted by molar-refractivity contribution is 7.13. The number of aromatic nitrogens is 3. The van der Waals surface area contributed by atoms with Crippen molar-refractivity contribution in [3.05, 3.63) is 47.6 Å². The zero-order valence-electron chi connectivity index (χ0n) is 14.2. The van der Waals surface area contributed by atoms with E-state index >= 15 is 0 Å². The van der Waals surface area contributed by atoms with Gasteiger partial charge in [0.2, 0.25) is 0 Å². The summed E-state index contributed by atoms with van der Waals surface area (Å²) in [7, 11) is 1.62. The first-order chi connectivity index (χ1) is 12.2. The van der Waals surface area contributed by atoms with Crippen molar-refractivity contribution in [2.24, 2.45) is 0 Å². The molecular formula is C18H20N4O2S. The second kappa shape index (κ2) is 7.94. The summed E-state index contributed by atoms with van der Waals surface area (Å²) in [6.45, 7) is 2.90. The molecule has 0 atom stereocenters. The number of nitrogens with zero attached hydrogens (tertiary/aromatic N) is 3. The minimum Gasteiger partial charge on any atom is -0.496 e. The molecule has 130 valence electrons. The van der Waals surface area contributed by atoms with Gasteiger partial charge in [-0.2, -0.15) is 5.10 Å². The molecule has 0 radical (unpaired) electrons. The van der Waals surface area contributed by atoms with Gasteiger partial charge in [-0.05, 0) is 18.6 Å². The number of methoxy groups -OCH3 is 1. The van der Waals surface area contributed by atoms with Crippen molar-refractivity contribution in [1.29, 1.82) is 0 Å². The summed E-state index contributed by atoms with van der Waals surface area (Å²) < 4.78 is 7.16. The Morgan fingerprint density at radius 1 is 1.32 bits per heavy atom. The first-order valence-corrected chi connectivity index (χ1v) is 9.03. The molecule has 0 aliphatic heterocycles. The second-order valence-electron chi connectivity index (χ2n) is 5.49. The highest BCUT2D eigenvalue weighted by atomic mass is 32.1. The van der Waals surface area contributed by atoms with Crippen molar-refractivity contribution in [3.63, 3.8) is 0 Å². The fraction of sp³-hybridized carbons (Fsp3) is 0.278. The number of benzene rings is 1. The van der Waals surface area contributed by atoms with Gasteiger partial charge in [0.1, 0.15) is 22.3 Å². The average molecular weight is 356 g/mol.